The van der Waals surface area contributed by atoms with E-state index in [1.807, 2.05) is 6.07 Å². The first kappa shape index (κ1) is 18.0. The summed E-state index contributed by atoms with van der Waals surface area (Å²) in [5, 5.41) is 2.71. The van der Waals surface area contributed by atoms with Crippen LogP contribution in [0.15, 0.2) is 30.3 Å². The van der Waals surface area contributed by atoms with Gasteiger partial charge in [-0.15, -0.1) is 0 Å². The molecule has 2 amide bonds. The number of nitrogens with one attached hydrogen (secondary N) is 1. The van der Waals surface area contributed by atoms with Crippen molar-refractivity contribution in [2.24, 2.45) is 0 Å². The van der Waals surface area contributed by atoms with Gasteiger partial charge >= 0.3 is 5.97 Å². The molecule has 1 unspecified atom stereocenters. The molecule has 130 valence electrons. The van der Waals surface area contributed by atoms with Gasteiger partial charge in [-0.2, -0.15) is 0 Å². The number of amides is 2. The summed E-state index contributed by atoms with van der Waals surface area (Å²) in [4.78, 5) is 38.2. The smallest absolute Gasteiger partial charge is 0.308 e. The molecule has 1 fully saturated rings. The minimum Gasteiger partial charge on any atom is -0.466 e. The average molecular weight is 332 g/mol. The average Bonchev–Trinajstić information content (AvgIpc) is 2.60. The maximum Gasteiger partial charge on any atom is 0.308 e. The molecule has 0 spiro atoms. The van der Waals surface area contributed by atoms with Crippen molar-refractivity contribution < 1.29 is 19.1 Å². The fraction of sp³-hybridized carbons (Fsp3) is 0.500. The second-order valence-electron chi connectivity index (χ2n) is 5.80. The van der Waals surface area contributed by atoms with Crippen LogP contribution in [0, 0.1) is 0 Å². The van der Waals surface area contributed by atoms with Crippen LogP contribution in [0.1, 0.15) is 43.0 Å². The van der Waals surface area contributed by atoms with Gasteiger partial charge in [-0.25, -0.2) is 0 Å². The Balaban J connectivity index is 1.99. The van der Waals surface area contributed by atoms with Crippen LogP contribution in [0.5, 0.6) is 0 Å². The number of carbonyl (C=O) groups is 3. The first-order chi connectivity index (χ1) is 11.6. The highest BCUT2D eigenvalue weighted by atomic mass is 16.5. The minimum absolute atomic E-state index is 0.115. The van der Waals surface area contributed by atoms with Crippen molar-refractivity contribution in [1.29, 1.82) is 0 Å². The molecule has 1 aliphatic rings. The quantitative estimate of drug-likeness (QED) is 0.610. The Morgan fingerprint density at radius 1 is 1.25 bits per heavy atom. The number of piperazine rings is 1. The first-order valence-corrected chi connectivity index (χ1v) is 8.43. The van der Waals surface area contributed by atoms with E-state index in [1.165, 1.54) is 4.90 Å². The summed E-state index contributed by atoms with van der Waals surface area (Å²) in [7, 11) is 0. The van der Waals surface area contributed by atoms with Crippen LogP contribution in [0.4, 0.5) is 0 Å². The van der Waals surface area contributed by atoms with E-state index in [4.69, 9.17) is 4.74 Å². The molecule has 1 atom stereocenters. The van der Waals surface area contributed by atoms with Gasteiger partial charge in [0.15, 0.2) is 0 Å². The topological polar surface area (TPSA) is 75.7 Å². The van der Waals surface area contributed by atoms with E-state index >= 15 is 0 Å². The van der Waals surface area contributed by atoms with Crippen molar-refractivity contribution in [3.05, 3.63) is 35.9 Å². The highest BCUT2D eigenvalue weighted by molar-refractivity contribution is 5.99. The van der Waals surface area contributed by atoms with E-state index in [2.05, 4.69) is 12.2 Å². The lowest BCUT2D eigenvalue weighted by molar-refractivity contribution is -0.147. The Bertz CT molecular complexity index is 574. The Morgan fingerprint density at radius 3 is 2.71 bits per heavy atom. The van der Waals surface area contributed by atoms with E-state index in [0.717, 1.165) is 19.3 Å². The zero-order valence-corrected chi connectivity index (χ0v) is 14.0. The van der Waals surface area contributed by atoms with Gasteiger partial charge in [0.1, 0.15) is 6.04 Å². The molecule has 1 saturated heterocycles. The fourth-order valence-electron chi connectivity index (χ4n) is 2.66. The van der Waals surface area contributed by atoms with Gasteiger partial charge in [0.25, 0.3) is 5.91 Å². The number of unbranched alkanes of at least 4 members (excludes halogenated alkanes) is 2. The van der Waals surface area contributed by atoms with Crippen LogP contribution >= 0.6 is 0 Å². The summed E-state index contributed by atoms with van der Waals surface area (Å²) in [6.45, 7) is 3.20. The van der Waals surface area contributed by atoms with Crippen molar-refractivity contribution in [2.75, 3.05) is 19.7 Å². The highest BCUT2D eigenvalue weighted by Crippen LogP contribution is 2.14. The SMILES string of the molecule is CCCCCOC(=O)CC1C(=O)NCCN1C(=O)c1ccccc1. The van der Waals surface area contributed by atoms with Crippen LogP contribution in [-0.4, -0.2) is 48.4 Å². The molecule has 1 aromatic rings. The molecule has 0 saturated carbocycles. The van der Waals surface area contributed by atoms with Crippen LogP contribution < -0.4 is 5.32 Å². The van der Waals surface area contributed by atoms with E-state index in [1.54, 1.807) is 24.3 Å². The minimum atomic E-state index is -0.815. The largest absolute Gasteiger partial charge is 0.466 e. The second kappa shape index (κ2) is 9.05. The molecular weight excluding hydrogens is 308 g/mol. The van der Waals surface area contributed by atoms with Gasteiger partial charge in [-0.05, 0) is 18.6 Å². The number of benzene rings is 1. The summed E-state index contributed by atoms with van der Waals surface area (Å²) in [6, 6.07) is 7.96. The van der Waals surface area contributed by atoms with Gasteiger partial charge in [-0.3, -0.25) is 14.4 Å². The van der Waals surface area contributed by atoms with Crippen molar-refractivity contribution in [1.82, 2.24) is 10.2 Å². The van der Waals surface area contributed by atoms with Gasteiger partial charge in [0.05, 0.1) is 13.0 Å². The maximum atomic E-state index is 12.6. The molecule has 1 aromatic carbocycles. The van der Waals surface area contributed by atoms with E-state index in [9.17, 15) is 14.4 Å². The lowest BCUT2D eigenvalue weighted by Gasteiger charge is -2.34. The van der Waals surface area contributed by atoms with Crippen LogP contribution in [0.25, 0.3) is 0 Å². The Morgan fingerprint density at radius 2 is 2.00 bits per heavy atom. The Hall–Kier alpha value is -2.37. The fourth-order valence-corrected chi connectivity index (χ4v) is 2.66. The number of esters is 1. The lowest BCUT2D eigenvalue weighted by atomic mass is 10.1. The molecule has 1 N–H and O–H groups in total. The zero-order valence-electron chi connectivity index (χ0n) is 14.0. The summed E-state index contributed by atoms with van der Waals surface area (Å²) >= 11 is 0. The number of ether oxygens (including phenoxy) is 1. The summed E-state index contributed by atoms with van der Waals surface area (Å²) in [5.41, 5.74) is 0.508. The maximum absolute atomic E-state index is 12.6. The molecule has 6 heteroatoms. The normalized spacial score (nSPS) is 17.3. The third kappa shape index (κ3) is 4.81. The summed E-state index contributed by atoms with van der Waals surface area (Å²) in [5.74, 6) is -0.996. The molecule has 1 heterocycles. The molecule has 0 radical (unpaired) electrons. The van der Waals surface area contributed by atoms with Gasteiger partial charge in [0.2, 0.25) is 5.91 Å². The Labute approximate surface area is 142 Å². The van der Waals surface area contributed by atoms with Crippen molar-refractivity contribution in [3.8, 4) is 0 Å². The van der Waals surface area contributed by atoms with Gasteiger partial charge in [-0.1, -0.05) is 38.0 Å². The van der Waals surface area contributed by atoms with Crippen molar-refractivity contribution in [2.45, 2.75) is 38.6 Å². The second-order valence-corrected chi connectivity index (χ2v) is 5.80. The van der Waals surface area contributed by atoms with Gasteiger partial charge < -0.3 is 15.0 Å². The first-order valence-electron chi connectivity index (χ1n) is 8.43. The number of hydrogen-bond donors (Lipinski definition) is 1. The number of carbonyl (C=O) groups excluding carboxylic acids is 3. The number of rotatable bonds is 7. The van der Waals surface area contributed by atoms with Crippen molar-refractivity contribution >= 4 is 17.8 Å². The lowest BCUT2D eigenvalue weighted by Crippen LogP contribution is -2.57. The predicted molar refractivity (Wildman–Crippen MR) is 89.4 cm³/mol. The standard InChI is InChI=1S/C18H24N2O4/c1-2-3-7-12-24-16(21)13-15-17(22)19-10-11-20(15)18(23)14-8-5-4-6-9-14/h4-6,8-9,15H,2-3,7,10-13H2,1H3,(H,19,22). The van der Waals surface area contributed by atoms with E-state index in [-0.39, 0.29) is 18.2 Å². The summed E-state index contributed by atoms with van der Waals surface area (Å²) in [6.07, 6.45) is 2.74. The van der Waals surface area contributed by atoms with Crippen LogP contribution in [0.3, 0.4) is 0 Å². The van der Waals surface area contributed by atoms with Crippen LogP contribution in [-0.2, 0) is 14.3 Å². The molecule has 0 bridgehead atoms. The number of hydrogen-bond acceptors (Lipinski definition) is 4. The zero-order chi connectivity index (χ0) is 17.4. The molecule has 1 aliphatic heterocycles. The van der Waals surface area contributed by atoms with Crippen molar-refractivity contribution in [3.63, 3.8) is 0 Å². The molecule has 2 rings (SSSR count). The predicted octanol–water partition coefficient (Wildman–Crippen LogP) is 1.75. The monoisotopic (exact) mass is 332 g/mol. The van der Waals surface area contributed by atoms with E-state index in [0.29, 0.717) is 25.3 Å². The molecule has 6 nitrogen and oxygen atoms in total. The molecule has 0 aromatic heterocycles. The van der Waals surface area contributed by atoms with Crippen LogP contribution in [0.2, 0.25) is 0 Å². The van der Waals surface area contributed by atoms with Gasteiger partial charge in [0, 0.05) is 18.7 Å². The third-order valence-corrected chi connectivity index (χ3v) is 3.98. The molecule has 24 heavy (non-hydrogen) atoms. The number of nitrogens with zero attached hydrogens (tertiary/aromatic N) is 1. The Kier molecular flexibility index (Phi) is 6.78. The third-order valence-electron chi connectivity index (χ3n) is 3.98. The summed E-state index contributed by atoms with van der Waals surface area (Å²) < 4.78 is 5.17. The molecular formula is C18H24N2O4. The molecule has 0 aliphatic carbocycles. The van der Waals surface area contributed by atoms with E-state index < -0.39 is 12.0 Å². The highest BCUT2D eigenvalue weighted by Gasteiger charge is 2.35.